The Bertz CT molecular complexity index is 470. The summed E-state index contributed by atoms with van der Waals surface area (Å²) < 4.78 is 5.70. The summed E-state index contributed by atoms with van der Waals surface area (Å²) in [5, 5.41) is 4.50. The highest BCUT2D eigenvalue weighted by atomic mass is 35.5. The van der Waals surface area contributed by atoms with E-state index in [-0.39, 0.29) is 5.41 Å². The molecule has 0 aromatic heterocycles. The number of halogens is 1. The van der Waals surface area contributed by atoms with Gasteiger partial charge in [0, 0.05) is 42.7 Å². The number of ether oxygens (including phenoxy) is 1. The zero-order valence-corrected chi connectivity index (χ0v) is 13.5. The average molecular weight is 309 g/mol. The summed E-state index contributed by atoms with van der Waals surface area (Å²) in [7, 11) is 2.19. The molecule has 3 rings (SSSR count). The molecule has 0 bridgehead atoms. The van der Waals surface area contributed by atoms with E-state index in [0.29, 0.717) is 0 Å². The molecule has 2 fully saturated rings. The normalized spacial score (nSPS) is 25.7. The lowest BCUT2D eigenvalue weighted by Gasteiger charge is -2.32. The number of benzene rings is 1. The van der Waals surface area contributed by atoms with Crippen molar-refractivity contribution in [2.75, 3.05) is 33.4 Å². The van der Waals surface area contributed by atoms with Gasteiger partial charge in [-0.05, 0) is 44.0 Å². The van der Waals surface area contributed by atoms with E-state index in [0.717, 1.165) is 50.3 Å². The second-order valence-corrected chi connectivity index (χ2v) is 7.20. The first kappa shape index (κ1) is 15.3. The second-order valence-electron chi connectivity index (χ2n) is 6.76. The van der Waals surface area contributed by atoms with Gasteiger partial charge in [0.15, 0.2) is 0 Å². The molecular formula is C17H25ClN2O. The first-order valence-electron chi connectivity index (χ1n) is 7.89. The maximum atomic E-state index is 6.07. The van der Waals surface area contributed by atoms with Gasteiger partial charge in [-0.2, -0.15) is 0 Å². The van der Waals surface area contributed by atoms with Gasteiger partial charge in [-0.15, -0.1) is 0 Å². The molecular weight excluding hydrogens is 284 g/mol. The Balaban J connectivity index is 1.56. The lowest BCUT2D eigenvalue weighted by atomic mass is 9.86. The number of hydrogen-bond acceptors (Lipinski definition) is 3. The number of rotatable bonds is 7. The number of nitrogens with one attached hydrogen (secondary N) is 1. The summed E-state index contributed by atoms with van der Waals surface area (Å²) >= 11 is 6.07. The molecule has 1 saturated carbocycles. The highest BCUT2D eigenvalue weighted by Gasteiger charge is 2.37. The smallest absolute Gasteiger partial charge is 0.0547 e. The van der Waals surface area contributed by atoms with Crippen LogP contribution in [0.3, 0.4) is 0 Å². The van der Waals surface area contributed by atoms with Crippen LogP contribution in [0, 0.1) is 5.41 Å². The lowest BCUT2D eigenvalue weighted by Crippen LogP contribution is -2.44. The van der Waals surface area contributed by atoms with Crippen LogP contribution in [0.15, 0.2) is 24.3 Å². The molecule has 1 aromatic carbocycles. The zero-order chi connectivity index (χ0) is 14.7. The number of hydrogen-bond donors (Lipinski definition) is 1. The minimum atomic E-state index is 0.274. The molecule has 1 atom stereocenters. The van der Waals surface area contributed by atoms with Crippen LogP contribution in [0.25, 0.3) is 0 Å². The van der Waals surface area contributed by atoms with E-state index in [9.17, 15) is 0 Å². The average Bonchev–Trinajstić information content (AvgIpc) is 3.17. The predicted octanol–water partition coefficient (Wildman–Crippen LogP) is 2.93. The molecule has 116 valence electrons. The second kappa shape index (κ2) is 6.66. The number of nitrogens with zero attached hydrogens (tertiary/aromatic N) is 1. The van der Waals surface area contributed by atoms with Gasteiger partial charge in [0.1, 0.15) is 0 Å². The lowest BCUT2D eigenvalue weighted by molar-refractivity contribution is 0.116. The Morgan fingerprint density at radius 1 is 1.43 bits per heavy atom. The van der Waals surface area contributed by atoms with Gasteiger partial charge in [-0.25, -0.2) is 0 Å². The summed E-state index contributed by atoms with van der Waals surface area (Å²) in [6.45, 7) is 4.87. The largest absolute Gasteiger partial charge is 0.381 e. The van der Waals surface area contributed by atoms with E-state index in [1.54, 1.807) is 0 Å². The summed E-state index contributed by atoms with van der Waals surface area (Å²) in [6.07, 6.45) is 3.84. The van der Waals surface area contributed by atoms with Gasteiger partial charge in [0.2, 0.25) is 0 Å². The predicted molar refractivity (Wildman–Crippen MR) is 86.7 cm³/mol. The van der Waals surface area contributed by atoms with Crippen LogP contribution < -0.4 is 5.32 Å². The van der Waals surface area contributed by atoms with Crippen molar-refractivity contribution in [1.82, 2.24) is 10.2 Å². The summed E-state index contributed by atoms with van der Waals surface area (Å²) in [5.41, 5.74) is 1.55. The van der Waals surface area contributed by atoms with Crippen LogP contribution in [0.2, 0.25) is 5.02 Å². The molecule has 1 aliphatic carbocycles. The molecule has 4 heteroatoms. The monoisotopic (exact) mass is 308 g/mol. The van der Waals surface area contributed by atoms with Crippen molar-refractivity contribution in [3.05, 3.63) is 34.9 Å². The molecule has 0 amide bonds. The third-order valence-corrected chi connectivity index (χ3v) is 4.71. The summed E-state index contributed by atoms with van der Waals surface area (Å²) in [6, 6.07) is 8.91. The van der Waals surface area contributed by atoms with Crippen molar-refractivity contribution in [3.8, 4) is 0 Å². The Morgan fingerprint density at radius 2 is 2.29 bits per heavy atom. The molecule has 1 N–H and O–H groups in total. The maximum Gasteiger partial charge on any atom is 0.0547 e. The molecule has 1 heterocycles. The minimum absolute atomic E-state index is 0.274. The quantitative estimate of drug-likeness (QED) is 0.838. The van der Waals surface area contributed by atoms with Gasteiger partial charge in [-0.1, -0.05) is 23.7 Å². The fourth-order valence-electron chi connectivity index (χ4n) is 3.19. The maximum absolute atomic E-state index is 6.07. The van der Waals surface area contributed by atoms with Crippen molar-refractivity contribution in [2.24, 2.45) is 5.41 Å². The Hall–Kier alpha value is -0.610. The fourth-order valence-corrected chi connectivity index (χ4v) is 3.41. The molecule has 3 nitrogen and oxygen atoms in total. The van der Waals surface area contributed by atoms with Gasteiger partial charge in [0.05, 0.1) is 6.61 Å². The van der Waals surface area contributed by atoms with E-state index in [1.165, 1.54) is 18.4 Å². The first-order chi connectivity index (χ1) is 10.2. The van der Waals surface area contributed by atoms with Crippen LogP contribution >= 0.6 is 11.6 Å². The molecule has 0 radical (unpaired) electrons. The fraction of sp³-hybridized carbons (Fsp3) is 0.647. The topological polar surface area (TPSA) is 24.5 Å². The van der Waals surface area contributed by atoms with E-state index < -0.39 is 0 Å². The molecule has 2 aliphatic rings. The van der Waals surface area contributed by atoms with Crippen molar-refractivity contribution in [2.45, 2.75) is 31.8 Å². The highest BCUT2D eigenvalue weighted by molar-refractivity contribution is 6.30. The van der Waals surface area contributed by atoms with Crippen molar-refractivity contribution in [1.29, 1.82) is 0 Å². The summed E-state index contributed by atoms with van der Waals surface area (Å²) in [4.78, 5) is 2.40. The van der Waals surface area contributed by atoms with Gasteiger partial charge >= 0.3 is 0 Å². The Labute approximate surface area is 132 Å². The molecule has 1 aromatic rings. The van der Waals surface area contributed by atoms with Crippen LogP contribution in [-0.2, 0) is 11.3 Å². The van der Waals surface area contributed by atoms with Gasteiger partial charge in [-0.3, -0.25) is 0 Å². The third-order valence-electron chi connectivity index (χ3n) is 4.47. The highest BCUT2D eigenvalue weighted by Crippen LogP contribution is 2.31. The van der Waals surface area contributed by atoms with Gasteiger partial charge < -0.3 is 15.0 Å². The Morgan fingerprint density at radius 3 is 2.95 bits per heavy atom. The van der Waals surface area contributed by atoms with Crippen LogP contribution in [-0.4, -0.2) is 44.3 Å². The van der Waals surface area contributed by atoms with Crippen molar-refractivity contribution >= 4 is 11.6 Å². The van der Waals surface area contributed by atoms with E-state index in [4.69, 9.17) is 16.3 Å². The molecule has 1 saturated heterocycles. The molecule has 1 unspecified atom stereocenters. The van der Waals surface area contributed by atoms with E-state index in [2.05, 4.69) is 29.4 Å². The summed E-state index contributed by atoms with van der Waals surface area (Å²) in [5.74, 6) is 0. The van der Waals surface area contributed by atoms with Crippen molar-refractivity contribution < 1.29 is 4.74 Å². The third kappa shape index (κ3) is 4.43. The molecule has 1 aliphatic heterocycles. The van der Waals surface area contributed by atoms with Crippen LogP contribution in [0.4, 0.5) is 0 Å². The molecule has 0 spiro atoms. The minimum Gasteiger partial charge on any atom is -0.381 e. The SMILES string of the molecule is CN(Cc1cccc(Cl)c1)CC1(CNC2CC2)CCOC1. The van der Waals surface area contributed by atoms with Gasteiger partial charge in [0.25, 0.3) is 0 Å². The Kier molecular flexibility index (Phi) is 4.85. The van der Waals surface area contributed by atoms with Crippen molar-refractivity contribution in [3.63, 3.8) is 0 Å². The first-order valence-corrected chi connectivity index (χ1v) is 8.27. The van der Waals surface area contributed by atoms with Crippen LogP contribution in [0.1, 0.15) is 24.8 Å². The van der Waals surface area contributed by atoms with E-state index in [1.807, 2.05) is 12.1 Å². The standard InChI is InChI=1S/C17H25ClN2O/c1-20(10-14-3-2-4-15(18)9-14)12-17(7-8-21-13-17)11-19-16-5-6-16/h2-4,9,16,19H,5-8,10-13H2,1H3. The zero-order valence-electron chi connectivity index (χ0n) is 12.8. The van der Waals surface area contributed by atoms with Crippen LogP contribution in [0.5, 0.6) is 0 Å². The molecule has 21 heavy (non-hydrogen) atoms. The van der Waals surface area contributed by atoms with E-state index >= 15 is 0 Å².